The molecule has 0 aliphatic carbocycles. The fourth-order valence-electron chi connectivity index (χ4n) is 1.83. The zero-order chi connectivity index (χ0) is 12.6. The van der Waals surface area contributed by atoms with E-state index in [1.54, 1.807) is 6.20 Å². The minimum Gasteiger partial charge on any atom is -0.368 e. The number of hydrogen-bond acceptors (Lipinski definition) is 3. The van der Waals surface area contributed by atoms with E-state index in [-0.39, 0.29) is 0 Å². The molecule has 1 atom stereocenters. The Bertz CT molecular complexity index is 601. The minimum atomic E-state index is -1.29. The summed E-state index contributed by atoms with van der Waals surface area (Å²) in [6.45, 7) is 0. The molecule has 0 spiro atoms. The number of primary amides is 1. The number of hydrogen-bond donors (Lipinski definition) is 2. The molecule has 2 rings (SSSR count). The first-order valence-corrected chi connectivity index (χ1v) is 5.15. The summed E-state index contributed by atoms with van der Waals surface area (Å²) in [6, 6.07) is 6.12. The van der Waals surface area contributed by atoms with Crippen LogP contribution in [0.5, 0.6) is 0 Å². The average molecular weight is 231 g/mol. The molecule has 0 saturated carbocycles. The van der Waals surface area contributed by atoms with Crippen LogP contribution in [0.1, 0.15) is 10.4 Å². The zero-order valence-corrected chi connectivity index (χ0v) is 9.38. The van der Waals surface area contributed by atoms with Crippen LogP contribution in [-0.4, -0.2) is 22.3 Å². The summed E-state index contributed by atoms with van der Waals surface area (Å²) >= 11 is 0. The van der Waals surface area contributed by atoms with Crippen LogP contribution in [0.2, 0.25) is 0 Å². The highest BCUT2D eigenvalue weighted by Crippen LogP contribution is 2.21. The number of nitrogens with zero attached hydrogens (tertiary/aromatic N) is 1. The predicted molar refractivity (Wildman–Crippen MR) is 64.4 cm³/mol. The lowest BCUT2D eigenvalue weighted by Crippen LogP contribution is -2.43. The van der Waals surface area contributed by atoms with Crippen LogP contribution in [0.25, 0.3) is 10.9 Å². The van der Waals surface area contributed by atoms with Crippen molar-refractivity contribution in [2.75, 3.05) is 0 Å². The minimum absolute atomic E-state index is 0.425. The highest BCUT2D eigenvalue weighted by atomic mass is 16.2. The lowest BCUT2D eigenvalue weighted by Gasteiger charge is -2.04. The van der Waals surface area contributed by atoms with E-state index in [0.29, 0.717) is 5.56 Å². The predicted octanol–water partition coefficient (Wildman–Crippen LogP) is 0.174. The third kappa shape index (κ3) is 1.81. The highest BCUT2D eigenvalue weighted by Gasteiger charge is 2.23. The summed E-state index contributed by atoms with van der Waals surface area (Å²) in [6.07, 6.45) is 1.66. The van der Waals surface area contributed by atoms with Gasteiger partial charge in [0.15, 0.2) is 5.78 Å². The SMILES string of the molecule is Cn1cc(C(=O)C(N)C(N)=O)c2ccccc21. The Labute approximate surface area is 98.0 Å². The third-order valence-corrected chi connectivity index (χ3v) is 2.75. The number of rotatable bonds is 3. The van der Waals surface area contributed by atoms with Gasteiger partial charge in [-0.15, -0.1) is 0 Å². The van der Waals surface area contributed by atoms with Crippen molar-refractivity contribution in [2.45, 2.75) is 6.04 Å². The summed E-state index contributed by atoms with van der Waals surface area (Å²) in [4.78, 5) is 22.9. The van der Waals surface area contributed by atoms with Gasteiger partial charge in [-0.05, 0) is 6.07 Å². The maximum Gasteiger partial charge on any atom is 0.242 e. The summed E-state index contributed by atoms with van der Waals surface area (Å²) < 4.78 is 1.82. The Morgan fingerprint density at radius 1 is 1.29 bits per heavy atom. The van der Waals surface area contributed by atoms with E-state index in [0.717, 1.165) is 10.9 Å². The third-order valence-electron chi connectivity index (χ3n) is 2.75. The Kier molecular flexibility index (Phi) is 2.69. The molecule has 1 amide bonds. The van der Waals surface area contributed by atoms with Gasteiger partial charge in [0, 0.05) is 29.7 Å². The number of carbonyl (C=O) groups is 2. The van der Waals surface area contributed by atoms with Gasteiger partial charge in [0.05, 0.1) is 0 Å². The maximum atomic E-state index is 12.0. The van der Waals surface area contributed by atoms with Crippen molar-refractivity contribution in [1.82, 2.24) is 4.57 Å². The topological polar surface area (TPSA) is 91.1 Å². The van der Waals surface area contributed by atoms with Gasteiger partial charge in [0.25, 0.3) is 0 Å². The smallest absolute Gasteiger partial charge is 0.242 e. The molecular formula is C12H13N3O2. The molecule has 1 unspecified atom stereocenters. The fraction of sp³-hybridized carbons (Fsp3) is 0.167. The van der Waals surface area contributed by atoms with Gasteiger partial charge in [-0.2, -0.15) is 0 Å². The van der Waals surface area contributed by atoms with Gasteiger partial charge in [-0.1, -0.05) is 18.2 Å². The molecule has 0 bridgehead atoms. The standard InChI is InChI=1S/C12H13N3O2/c1-15-6-8(11(16)10(13)12(14)17)7-4-2-3-5-9(7)15/h2-6,10H,13H2,1H3,(H2,14,17). The molecule has 88 valence electrons. The summed E-state index contributed by atoms with van der Waals surface area (Å²) in [5.41, 5.74) is 11.8. The Hall–Kier alpha value is -2.14. The number of benzene rings is 1. The Morgan fingerprint density at radius 2 is 1.94 bits per heavy atom. The van der Waals surface area contributed by atoms with Crippen LogP contribution in [-0.2, 0) is 11.8 Å². The molecule has 0 fully saturated rings. The van der Waals surface area contributed by atoms with Gasteiger partial charge in [-0.25, -0.2) is 0 Å². The molecule has 0 aliphatic rings. The number of nitrogens with two attached hydrogens (primary N) is 2. The van der Waals surface area contributed by atoms with Crippen molar-refractivity contribution < 1.29 is 9.59 Å². The second-order valence-corrected chi connectivity index (χ2v) is 3.92. The van der Waals surface area contributed by atoms with Gasteiger partial charge >= 0.3 is 0 Å². The monoisotopic (exact) mass is 231 g/mol. The zero-order valence-electron chi connectivity index (χ0n) is 9.38. The van der Waals surface area contributed by atoms with Crippen molar-refractivity contribution in [2.24, 2.45) is 18.5 Å². The maximum absolute atomic E-state index is 12.0. The number of Topliss-reactive ketones (excluding diaryl/α,β-unsaturated/α-hetero) is 1. The molecular weight excluding hydrogens is 218 g/mol. The molecule has 0 radical (unpaired) electrons. The molecule has 5 heteroatoms. The van der Waals surface area contributed by atoms with Crippen LogP contribution in [0.15, 0.2) is 30.5 Å². The van der Waals surface area contributed by atoms with Gasteiger partial charge in [0.2, 0.25) is 5.91 Å². The number of ketones is 1. The summed E-state index contributed by atoms with van der Waals surface area (Å²) in [5, 5.41) is 0.775. The van der Waals surface area contributed by atoms with Crippen molar-refractivity contribution in [3.63, 3.8) is 0 Å². The molecule has 1 aromatic heterocycles. The van der Waals surface area contributed by atoms with Gasteiger partial charge < -0.3 is 16.0 Å². The van der Waals surface area contributed by atoms with E-state index in [4.69, 9.17) is 11.5 Å². The van der Waals surface area contributed by atoms with Crippen molar-refractivity contribution >= 4 is 22.6 Å². The first-order valence-electron chi connectivity index (χ1n) is 5.15. The van der Waals surface area contributed by atoms with E-state index in [1.807, 2.05) is 35.9 Å². The molecule has 2 aromatic rings. The lowest BCUT2D eigenvalue weighted by atomic mass is 10.0. The number of aryl methyl sites for hydroxylation is 1. The van der Waals surface area contributed by atoms with Crippen LogP contribution >= 0.6 is 0 Å². The quantitative estimate of drug-likeness (QED) is 0.583. The largest absolute Gasteiger partial charge is 0.368 e. The van der Waals surface area contributed by atoms with Crippen molar-refractivity contribution in [1.29, 1.82) is 0 Å². The first-order chi connectivity index (χ1) is 8.02. The summed E-state index contributed by atoms with van der Waals surface area (Å²) in [7, 11) is 1.83. The van der Waals surface area contributed by atoms with Crippen LogP contribution in [0.3, 0.4) is 0 Å². The number of amides is 1. The van der Waals surface area contributed by atoms with Crippen molar-refractivity contribution in [3.8, 4) is 0 Å². The van der Waals surface area contributed by atoms with Gasteiger partial charge in [0.1, 0.15) is 6.04 Å². The molecule has 5 nitrogen and oxygen atoms in total. The summed E-state index contributed by atoms with van der Waals surface area (Å²) in [5.74, 6) is -1.27. The average Bonchev–Trinajstić information content (AvgIpc) is 2.65. The van der Waals surface area contributed by atoms with Crippen LogP contribution in [0.4, 0.5) is 0 Å². The van der Waals surface area contributed by atoms with E-state index in [1.165, 1.54) is 0 Å². The van der Waals surface area contributed by atoms with Crippen LogP contribution in [0, 0.1) is 0 Å². The molecule has 0 saturated heterocycles. The highest BCUT2D eigenvalue weighted by molar-refractivity contribution is 6.18. The number of para-hydroxylation sites is 1. The Balaban J connectivity index is 2.57. The molecule has 17 heavy (non-hydrogen) atoms. The van der Waals surface area contributed by atoms with E-state index in [9.17, 15) is 9.59 Å². The van der Waals surface area contributed by atoms with Gasteiger partial charge in [-0.3, -0.25) is 9.59 Å². The second kappa shape index (κ2) is 4.03. The van der Waals surface area contributed by atoms with E-state index >= 15 is 0 Å². The fourth-order valence-corrected chi connectivity index (χ4v) is 1.83. The van der Waals surface area contributed by atoms with Crippen LogP contribution < -0.4 is 11.5 Å². The first kappa shape index (κ1) is 11.3. The normalized spacial score (nSPS) is 12.6. The lowest BCUT2D eigenvalue weighted by molar-refractivity contribution is -0.118. The van der Waals surface area contributed by atoms with E-state index < -0.39 is 17.7 Å². The number of carbonyl (C=O) groups excluding carboxylic acids is 2. The Morgan fingerprint density at radius 3 is 2.59 bits per heavy atom. The molecule has 1 heterocycles. The molecule has 1 aromatic carbocycles. The van der Waals surface area contributed by atoms with E-state index in [2.05, 4.69) is 0 Å². The second-order valence-electron chi connectivity index (χ2n) is 3.92. The number of fused-ring (bicyclic) bond motifs is 1. The van der Waals surface area contributed by atoms with Crippen molar-refractivity contribution in [3.05, 3.63) is 36.0 Å². The molecule has 4 N–H and O–H groups in total. The molecule has 0 aliphatic heterocycles. The number of aromatic nitrogens is 1.